The highest BCUT2D eigenvalue weighted by Crippen LogP contribution is 2.60. The number of rotatable bonds is 4. The molecule has 2 saturated carbocycles. The van der Waals surface area contributed by atoms with Crippen molar-refractivity contribution in [3.8, 4) is 0 Å². The fraction of sp³-hybridized carbons (Fsp3) is 0.786. The van der Waals surface area contributed by atoms with Gasteiger partial charge >= 0.3 is 0 Å². The molecule has 84 valence electrons. The van der Waals surface area contributed by atoms with Crippen molar-refractivity contribution in [1.29, 1.82) is 0 Å². The average Bonchev–Trinajstić information content (AvgIpc) is 2.70. The van der Waals surface area contributed by atoms with Gasteiger partial charge in [0, 0.05) is 6.42 Å². The number of carbonyl (C=O) groups excluding carboxylic acids is 1. The van der Waals surface area contributed by atoms with Crippen LogP contribution >= 0.6 is 0 Å². The molecule has 0 radical (unpaired) electrons. The zero-order valence-corrected chi connectivity index (χ0v) is 10.0. The summed E-state index contributed by atoms with van der Waals surface area (Å²) in [5, 5.41) is 0. The molecular formula is C14H22O. The van der Waals surface area contributed by atoms with E-state index in [1.807, 2.05) is 0 Å². The van der Waals surface area contributed by atoms with Gasteiger partial charge in [0.2, 0.25) is 0 Å². The Bertz CT molecular complexity index is 292. The number of hydrogen-bond donors (Lipinski definition) is 0. The Hall–Kier alpha value is -0.590. The molecule has 0 amide bonds. The Morgan fingerprint density at radius 2 is 2.27 bits per heavy atom. The maximum Gasteiger partial charge on any atom is 0.129 e. The van der Waals surface area contributed by atoms with Gasteiger partial charge in [0.05, 0.1) is 0 Å². The summed E-state index contributed by atoms with van der Waals surface area (Å²) in [6.07, 6.45) is 7.10. The smallest absolute Gasteiger partial charge is 0.129 e. The van der Waals surface area contributed by atoms with Crippen LogP contribution < -0.4 is 0 Å². The molecule has 0 spiro atoms. The first-order valence-electron chi connectivity index (χ1n) is 6.23. The molecule has 1 nitrogen and oxygen atoms in total. The highest BCUT2D eigenvalue weighted by Gasteiger charge is 2.49. The predicted octanol–water partition coefficient (Wildman–Crippen LogP) is 3.74. The molecule has 2 fully saturated rings. The van der Waals surface area contributed by atoms with Crippen molar-refractivity contribution in [3.63, 3.8) is 0 Å². The zero-order chi connectivity index (χ0) is 11.1. The lowest BCUT2D eigenvalue weighted by Crippen LogP contribution is -2.26. The van der Waals surface area contributed by atoms with Gasteiger partial charge in [0.15, 0.2) is 0 Å². The Kier molecular flexibility index (Phi) is 2.74. The summed E-state index contributed by atoms with van der Waals surface area (Å²) in [7, 11) is 0. The van der Waals surface area contributed by atoms with Crippen molar-refractivity contribution >= 4 is 5.78 Å². The number of allylic oxidation sites excluding steroid dienone is 1. The Morgan fingerprint density at radius 1 is 1.53 bits per heavy atom. The van der Waals surface area contributed by atoms with Crippen LogP contribution in [0.3, 0.4) is 0 Å². The van der Waals surface area contributed by atoms with Crippen LogP contribution in [0.5, 0.6) is 0 Å². The first-order chi connectivity index (χ1) is 7.04. The Labute approximate surface area is 92.9 Å². The number of ketones is 1. The summed E-state index contributed by atoms with van der Waals surface area (Å²) >= 11 is 0. The minimum absolute atomic E-state index is 0.326. The second kappa shape index (κ2) is 3.77. The summed E-state index contributed by atoms with van der Waals surface area (Å²) in [5.41, 5.74) is 1.85. The van der Waals surface area contributed by atoms with E-state index in [0.29, 0.717) is 11.2 Å². The second-order valence-corrected chi connectivity index (χ2v) is 5.71. The topological polar surface area (TPSA) is 17.1 Å². The van der Waals surface area contributed by atoms with Crippen LogP contribution in [-0.2, 0) is 4.79 Å². The molecule has 0 aromatic heterocycles. The van der Waals surface area contributed by atoms with Crippen molar-refractivity contribution in [1.82, 2.24) is 0 Å². The molecule has 0 heterocycles. The fourth-order valence-corrected chi connectivity index (χ4v) is 3.67. The number of fused-ring (bicyclic) bond motifs is 2. The largest absolute Gasteiger partial charge is 0.300 e. The molecule has 0 aromatic rings. The average molecular weight is 206 g/mol. The van der Waals surface area contributed by atoms with E-state index in [9.17, 15) is 4.79 Å². The lowest BCUT2D eigenvalue weighted by Gasteiger charge is -2.36. The number of Topliss-reactive ketones (excluding diaryl/α,β-unsaturated/α-hetero) is 1. The van der Waals surface area contributed by atoms with E-state index in [1.165, 1.54) is 31.3 Å². The summed E-state index contributed by atoms with van der Waals surface area (Å²) < 4.78 is 0. The van der Waals surface area contributed by atoms with Gasteiger partial charge in [-0.15, -0.1) is 0 Å². The number of carbonyl (C=O) groups is 1. The van der Waals surface area contributed by atoms with Gasteiger partial charge in [0.1, 0.15) is 5.78 Å². The molecule has 0 N–H and O–H groups in total. The summed E-state index contributed by atoms with van der Waals surface area (Å²) in [5.74, 6) is 1.99. The normalized spacial score (nSPS) is 38.7. The molecule has 2 rings (SSSR count). The Balaban J connectivity index is 1.95. The summed E-state index contributed by atoms with van der Waals surface area (Å²) in [4.78, 5) is 10.9. The third kappa shape index (κ3) is 1.77. The van der Waals surface area contributed by atoms with Gasteiger partial charge in [0.25, 0.3) is 0 Å². The molecule has 0 aliphatic heterocycles. The third-order valence-corrected chi connectivity index (χ3v) is 4.78. The molecule has 3 atom stereocenters. The van der Waals surface area contributed by atoms with Crippen LogP contribution in [-0.4, -0.2) is 5.78 Å². The van der Waals surface area contributed by atoms with Crippen LogP contribution in [0.2, 0.25) is 0 Å². The van der Waals surface area contributed by atoms with E-state index < -0.39 is 0 Å². The van der Waals surface area contributed by atoms with Crippen molar-refractivity contribution < 1.29 is 4.79 Å². The second-order valence-electron chi connectivity index (χ2n) is 5.71. The summed E-state index contributed by atoms with van der Waals surface area (Å²) in [6.45, 7) is 8.37. The molecule has 2 aliphatic rings. The molecule has 3 unspecified atom stereocenters. The molecule has 0 saturated heterocycles. The first-order valence-corrected chi connectivity index (χ1v) is 6.23. The molecule has 15 heavy (non-hydrogen) atoms. The maximum absolute atomic E-state index is 10.9. The van der Waals surface area contributed by atoms with Gasteiger partial charge < -0.3 is 4.79 Å². The Morgan fingerprint density at radius 3 is 2.80 bits per heavy atom. The minimum atomic E-state index is 0.326. The van der Waals surface area contributed by atoms with E-state index in [2.05, 4.69) is 13.5 Å². The maximum atomic E-state index is 10.9. The van der Waals surface area contributed by atoms with Crippen LogP contribution in [0, 0.1) is 17.3 Å². The zero-order valence-electron chi connectivity index (χ0n) is 10.0. The van der Waals surface area contributed by atoms with Gasteiger partial charge in [-0.25, -0.2) is 0 Å². The van der Waals surface area contributed by atoms with Crippen molar-refractivity contribution in [2.24, 2.45) is 17.3 Å². The fourth-order valence-electron chi connectivity index (χ4n) is 3.67. The van der Waals surface area contributed by atoms with E-state index in [0.717, 1.165) is 24.7 Å². The molecule has 1 heteroatoms. The van der Waals surface area contributed by atoms with E-state index in [4.69, 9.17) is 0 Å². The van der Waals surface area contributed by atoms with Crippen LogP contribution in [0.4, 0.5) is 0 Å². The highest BCUT2D eigenvalue weighted by molar-refractivity contribution is 5.75. The van der Waals surface area contributed by atoms with Gasteiger partial charge in [-0.2, -0.15) is 0 Å². The monoisotopic (exact) mass is 206 g/mol. The van der Waals surface area contributed by atoms with Crippen LogP contribution in [0.15, 0.2) is 12.2 Å². The van der Waals surface area contributed by atoms with Crippen molar-refractivity contribution in [2.45, 2.75) is 52.4 Å². The molecule has 2 bridgehead atoms. The highest BCUT2D eigenvalue weighted by atomic mass is 16.1. The van der Waals surface area contributed by atoms with Gasteiger partial charge in [-0.1, -0.05) is 19.1 Å². The first kappa shape index (κ1) is 10.9. The van der Waals surface area contributed by atoms with Crippen molar-refractivity contribution in [3.05, 3.63) is 12.2 Å². The van der Waals surface area contributed by atoms with Crippen LogP contribution in [0.25, 0.3) is 0 Å². The van der Waals surface area contributed by atoms with Crippen molar-refractivity contribution in [2.75, 3.05) is 0 Å². The SMILES string of the molecule is C=C1C2CCC(C2)C1(C)CCCC(C)=O. The predicted molar refractivity (Wildman–Crippen MR) is 62.6 cm³/mol. The lowest BCUT2D eigenvalue weighted by molar-refractivity contribution is -0.117. The molecular weight excluding hydrogens is 184 g/mol. The standard InChI is InChI=1S/C14H22O/c1-10(15)5-4-8-14(3)11(2)12-6-7-13(14)9-12/h12-13H,2,4-9H2,1,3H3. The summed E-state index contributed by atoms with van der Waals surface area (Å²) in [6, 6.07) is 0. The lowest BCUT2D eigenvalue weighted by atomic mass is 9.69. The number of hydrogen-bond acceptors (Lipinski definition) is 1. The van der Waals surface area contributed by atoms with Gasteiger partial charge in [-0.3, -0.25) is 0 Å². The molecule has 0 aromatic carbocycles. The quantitative estimate of drug-likeness (QED) is 0.640. The third-order valence-electron chi connectivity index (χ3n) is 4.78. The van der Waals surface area contributed by atoms with E-state index in [-0.39, 0.29) is 0 Å². The van der Waals surface area contributed by atoms with E-state index >= 15 is 0 Å². The molecule has 2 aliphatic carbocycles. The van der Waals surface area contributed by atoms with E-state index in [1.54, 1.807) is 6.92 Å². The van der Waals surface area contributed by atoms with Gasteiger partial charge in [-0.05, 0) is 56.3 Å². The minimum Gasteiger partial charge on any atom is -0.300 e. The van der Waals surface area contributed by atoms with Crippen LogP contribution in [0.1, 0.15) is 52.4 Å².